The number of rotatable bonds is 3. The number of carbonyl (C=O) groups is 1. The molecule has 1 aromatic heterocycles. The van der Waals surface area contributed by atoms with Crippen LogP contribution in [0.15, 0.2) is 18.2 Å². The predicted octanol–water partition coefficient (Wildman–Crippen LogP) is 2.29. The molecular formula is C23H29N5O2. The number of fused-ring (bicyclic) bond motifs is 1. The summed E-state index contributed by atoms with van der Waals surface area (Å²) in [6.07, 6.45) is 5.71. The van der Waals surface area contributed by atoms with E-state index in [1.54, 1.807) is 0 Å². The molecule has 158 valence electrons. The van der Waals surface area contributed by atoms with Gasteiger partial charge in [0.1, 0.15) is 5.69 Å². The van der Waals surface area contributed by atoms with Gasteiger partial charge in [-0.15, -0.1) is 0 Å². The normalized spacial score (nSPS) is 22.4. The van der Waals surface area contributed by atoms with E-state index in [9.17, 15) is 9.90 Å². The first-order valence-electron chi connectivity index (χ1n) is 10.9. The molecule has 2 fully saturated rings. The summed E-state index contributed by atoms with van der Waals surface area (Å²) in [5, 5.41) is 13.0. The highest BCUT2D eigenvalue weighted by molar-refractivity contribution is 6.04. The second-order valence-corrected chi connectivity index (χ2v) is 8.96. The number of aryl methyl sites for hydroxylation is 1. The van der Waals surface area contributed by atoms with Crippen molar-refractivity contribution in [1.82, 2.24) is 15.3 Å². The standard InChI is InChI=1S/C23H29N5O2/c1-14-20(16-5-2-4-15-12-25-22(30)19(15)16)27-17(13-29)21(26-14)28-10-8-23(9-11-28)7-3-6-18(23)24/h2,4-5,18,29H,3,6-13,24H2,1H3,(H,25,30)/t18-/m1/s1. The zero-order valence-corrected chi connectivity index (χ0v) is 17.4. The molecule has 3 heterocycles. The third-order valence-corrected chi connectivity index (χ3v) is 7.38. The SMILES string of the molecule is Cc1nc(N2CCC3(CCC[C@H]3N)CC2)c(CO)nc1-c1cccc2c1C(=O)NC2. The van der Waals surface area contributed by atoms with Gasteiger partial charge in [0.15, 0.2) is 5.82 Å². The molecule has 3 aliphatic rings. The van der Waals surface area contributed by atoms with E-state index in [1.165, 1.54) is 12.8 Å². The molecule has 1 atom stereocenters. The number of piperidine rings is 1. The van der Waals surface area contributed by atoms with Crippen LogP contribution in [0.1, 0.15) is 59.4 Å². The van der Waals surface area contributed by atoms with Gasteiger partial charge in [0, 0.05) is 31.2 Å². The van der Waals surface area contributed by atoms with Crippen molar-refractivity contribution < 1.29 is 9.90 Å². The van der Waals surface area contributed by atoms with Crippen molar-refractivity contribution in [2.45, 2.75) is 58.2 Å². The molecule has 0 bridgehead atoms. The van der Waals surface area contributed by atoms with Gasteiger partial charge < -0.3 is 21.1 Å². The molecule has 1 aromatic carbocycles. The van der Waals surface area contributed by atoms with Crippen molar-refractivity contribution in [2.75, 3.05) is 18.0 Å². The molecule has 1 saturated carbocycles. The second-order valence-electron chi connectivity index (χ2n) is 8.96. The number of anilines is 1. The topological polar surface area (TPSA) is 104 Å². The molecule has 1 spiro atoms. The minimum atomic E-state index is -0.183. The van der Waals surface area contributed by atoms with E-state index in [1.807, 2.05) is 25.1 Å². The van der Waals surface area contributed by atoms with E-state index < -0.39 is 0 Å². The van der Waals surface area contributed by atoms with Crippen molar-refractivity contribution in [3.8, 4) is 11.3 Å². The number of hydrogen-bond donors (Lipinski definition) is 3. The van der Waals surface area contributed by atoms with E-state index in [2.05, 4.69) is 10.2 Å². The number of benzene rings is 1. The summed E-state index contributed by atoms with van der Waals surface area (Å²) < 4.78 is 0. The monoisotopic (exact) mass is 407 g/mol. The van der Waals surface area contributed by atoms with Crippen molar-refractivity contribution >= 4 is 11.7 Å². The Balaban J connectivity index is 1.48. The summed E-state index contributed by atoms with van der Waals surface area (Å²) in [5.41, 5.74) is 11.1. The first-order valence-corrected chi connectivity index (χ1v) is 10.9. The molecule has 1 saturated heterocycles. The Kier molecular flexibility index (Phi) is 4.75. The third-order valence-electron chi connectivity index (χ3n) is 7.38. The third kappa shape index (κ3) is 2.99. The lowest BCUT2D eigenvalue weighted by atomic mass is 9.74. The van der Waals surface area contributed by atoms with Gasteiger partial charge >= 0.3 is 0 Å². The molecule has 7 heteroatoms. The van der Waals surface area contributed by atoms with Crippen LogP contribution in [0.4, 0.5) is 5.82 Å². The lowest BCUT2D eigenvalue weighted by molar-refractivity contribution is 0.0966. The highest BCUT2D eigenvalue weighted by Gasteiger charge is 2.43. The summed E-state index contributed by atoms with van der Waals surface area (Å²) in [4.78, 5) is 24.3. The molecule has 30 heavy (non-hydrogen) atoms. The molecule has 1 amide bonds. The van der Waals surface area contributed by atoms with E-state index >= 15 is 0 Å². The molecule has 0 radical (unpaired) electrons. The number of nitrogens with zero attached hydrogens (tertiary/aromatic N) is 3. The van der Waals surface area contributed by atoms with Gasteiger partial charge in [0.05, 0.1) is 23.6 Å². The fourth-order valence-electron chi connectivity index (χ4n) is 5.58. The van der Waals surface area contributed by atoms with Gasteiger partial charge in [-0.3, -0.25) is 4.79 Å². The largest absolute Gasteiger partial charge is 0.390 e. The molecular weight excluding hydrogens is 378 g/mol. The molecule has 1 aliphatic carbocycles. The van der Waals surface area contributed by atoms with Gasteiger partial charge in [-0.25, -0.2) is 9.97 Å². The van der Waals surface area contributed by atoms with Crippen molar-refractivity contribution in [3.63, 3.8) is 0 Å². The van der Waals surface area contributed by atoms with Gasteiger partial charge in [0.25, 0.3) is 5.91 Å². The molecule has 5 rings (SSSR count). The van der Waals surface area contributed by atoms with Crippen LogP contribution in [0.3, 0.4) is 0 Å². The summed E-state index contributed by atoms with van der Waals surface area (Å²) in [5.74, 6) is 0.683. The summed E-state index contributed by atoms with van der Waals surface area (Å²) in [6, 6.07) is 6.11. The maximum atomic E-state index is 12.4. The van der Waals surface area contributed by atoms with Gasteiger partial charge in [-0.2, -0.15) is 0 Å². The fraction of sp³-hybridized carbons (Fsp3) is 0.522. The summed E-state index contributed by atoms with van der Waals surface area (Å²) in [7, 11) is 0. The van der Waals surface area contributed by atoms with Crippen molar-refractivity contribution in [3.05, 3.63) is 40.7 Å². The number of aliphatic hydroxyl groups excluding tert-OH is 1. The van der Waals surface area contributed by atoms with Gasteiger partial charge in [0.2, 0.25) is 0 Å². The number of aliphatic hydroxyl groups is 1. The Morgan fingerprint density at radius 2 is 2.07 bits per heavy atom. The first kappa shape index (κ1) is 19.5. The summed E-state index contributed by atoms with van der Waals surface area (Å²) >= 11 is 0. The van der Waals surface area contributed by atoms with E-state index in [0.29, 0.717) is 29.5 Å². The van der Waals surface area contributed by atoms with Crippen LogP contribution in [0.2, 0.25) is 0 Å². The van der Waals surface area contributed by atoms with Crippen molar-refractivity contribution in [1.29, 1.82) is 0 Å². The number of aromatic nitrogens is 2. The average Bonchev–Trinajstić information content (AvgIpc) is 3.31. The maximum Gasteiger partial charge on any atom is 0.252 e. The van der Waals surface area contributed by atoms with Crippen LogP contribution in [-0.4, -0.2) is 40.1 Å². The summed E-state index contributed by atoms with van der Waals surface area (Å²) in [6.45, 7) is 4.06. The lowest BCUT2D eigenvalue weighted by Crippen LogP contribution is -2.47. The minimum Gasteiger partial charge on any atom is -0.390 e. The van der Waals surface area contributed by atoms with E-state index in [0.717, 1.165) is 55.0 Å². The quantitative estimate of drug-likeness (QED) is 0.721. The van der Waals surface area contributed by atoms with Gasteiger partial charge in [-0.1, -0.05) is 24.6 Å². The Morgan fingerprint density at radius 3 is 2.77 bits per heavy atom. The molecule has 2 aromatic rings. The predicted molar refractivity (Wildman–Crippen MR) is 115 cm³/mol. The smallest absolute Gasteiger partial charge is 0.252 e. The lowest BCUT2D eigenvalue weighted by Gasteiger charge is -2.42. The minimum absolute atomic E-state index is 0.0781. The zero-order valence-electron chi connectivity index (χ0n) is 17.4. The van der Waals surface area contributed by atoms with Gasteiger partial charge in [-0.05, 0) is 43.6 Å². The van der Waals surface area contributed by atoms with E-state index in [4.69, 9.17) is 15.7 Å². The van der Waals surface area contributed by atoms with Crippen LogP contribution in [-0.2, 0) is 13.2 Å². The Morgan fingerprint density at radius 1 is 1.27 bits per heavy atom. The maximum absolute atomic E-state index is 12.4. The first-order chi connectivity index (χ1) is 14.5. The zero-order chi connectivity index (χ0) is 20.9. The Hall–Kier alpha value is -2.51. The molecule has 0 unspecified atom stereocenters. The van der Waals surface area contributed by atoms with Crippen LogP contribution in [0.25, 0.3) is 11.3 Å². The second kappa shape index (κ2) is 7.32. The van der Waals surface area contributed by atoms with Crippen LogP contribution < -0.4 is 16.0 Å². The highest BCUT2D eigenvalue weighted by Crippen LogP contribution is 2.46. The molecule has 7 nitrogen and oxygen atoms in total. The number of nitrogens with two attached hydrogens (primary N) is 1. The number of amides is 1. The Bertz CT molecular complexity index is 997. The van der Waals surface area contributed by atoms with Crippen molar-refractivity contribution in [2.24, 2.45) is 11.1 Å². The van der Waals surface area contributed by atoms with Crippen LogP contribution in [0, 0.1) is 12.3 Å². The number of nitrogens with one attached hydrogen (secondary N) is 1. The highest BCUT2D eigenvalue weighted by atomic mass is 16.3. The molecule has 4 N–H and O–H groups in total. The number of hydrogen-bond acceptors (Lipinski definition) is 6. The van der Waals surface area contributed by atoms with E-state index in [-0.39, 0.29) is 17.9 Å². The average molecular weight is 408 g/mol. The number of carbonyl (C=O) groups excluding carboxylic acids is 1. The van der Waals surface area contributed by atoms with Crippen LogP contribution >= 0.6 is 0 Å². The fourth-order valence-corrected chi connectivity index (χ4v) is 5.58. The molecule has 2 aliphatic heterocycles. The van der Waals surface area contributed by atoms with Crippen LogP contribution in [0.5, 0.6) is 0 Å². The Labute approximate surface area is 176 Å².